The Morgan fingerprint density at radius 3 is 2.46 bits per heavy atom. The summed E-state index contributed by atoms with van der Waals surface area (Å²) in [5.41, 5.74) is 1.29. The molecule has 0 spiro atoms. The summed E-state index contributed by atoms with van der Waals surface area (Å²) in [6.45, 7) is 3.10. The molecule has 0 radical (unpaired) electrons. The zero-order valence-electron chi connectivity index (χ0n) is 13.1. The Labute approximate surface area is 148 Å². The van der Waals surface area contributed by atoms with Crippen LogP contribution in [0.2, 0.25) is 0 Å². The molecule has 0 aromatic heterocycles. The first-order chi connectivity index (χ1) is 11.5. The second kappa shape index (κ2) is 7.21. The largest absolute Gasteiger partial charge is 0.490 e. The van der Waals surface area contributed by atoms with E-state index in [2.05, 4.69) is 21.2 Å². The van der Waals surface area contributed by atoms with Crippen LogP contribution in [0.15, 0.2) is 40.9 Å². The van der Waals surface area contributed by atoms with Gasteiger partial charge in [-0.15, -0.1) is 0 Å². The second-order valence-electron chi connectivity index (χ2n) is 5.57. The zero-order chi connectivity index (χ0) is 17.1. The smallest absolute Gasteiger partial charge is 0.251 e. The molecule has 1 atom stereocenters. The molecule has 0 saturated heterocycles. The first kappa shape index (κ1) is 16.8. The molecule has 0 saturated carbocycles. The van der Waals surface area contributed by atoms with Crippen LogP contribution in [0.1, 0.15) is 35.3 Å². The highest BCUT2D eigenvalue weighted by atomic mass is 79.9. The van der Waals surface area contributed by atoms with Gasteiger partial charge in [-0.1, -0.05) is 15.9 Å². The number of carbonyl (C=O) groups excluding carboxylic acids is 1. The van der Waals surface area contributed by atoms with Gasteiger partial charge in [-0.05, 0) is 48.9 Å². The minimum absolute atomic E-state index is 0.255. The predicted molar refractivity (Wildman–Crippen MR) is 92.0 cm³/mol. The molecule has 0 aliphatic carbocycles. The second-order valence-corrected chi connectivity index (χ2v) is 6.43. The van der Waals surface area contributed by atoms with E-state index in [1.807, 2.05) is 19.1 Å². The Morgan fingerprint density at radius 1 is 1.17 bits per heavy atom. The summed E-state index contributed by atoms with van der Waals surface area (Å²) in [6, 6.07) is 8.93. The van der Waals surface area contributed by atoms with Gasteiger partial charge in [0.1, 0.15) is 5.82 Å². The van der Waals surface area contributed by atoms with Gasteiger partial charge in [-0.3, -0.25) is 4.79 Å². The minimum atomic E-state index is -0.370. The van der Waals surface area contributed by atoms with Gasteiger partial charge >= 0.3 is 0 Å². The number of fused-ring (bicyclic) bond motifs is 1. The molecule has 1 aliphatic heterocycles. The number of carbonyl (C=O) groups is 1. The van der Waals surface area contributed by atoms with E-state index in [1.54, 1.807) is 0 Å². The fourth-order valence-electron chi connectivity index (χ4n) is 2.49. The summed E-state index contributed by atoms with van der Waals surface area (Å²) in [7, 11) is 0. The van der Waals surface area contributed by atoms with Crippen LogP contribution in [0, 0.1) is 5.82 Å². The van der Waals surface area contributed by atoms with Crippen LogP contribution in [0.5, 0.6) is 11.5 Å². The highest BCUT2D eigenvalue weighted by Crippen LogP contribution is 2.37. The molecule has 0 bridgehead atoms. The van der Waals surface area contributed by atoms with Crippen LogP contribution in [-0.2, 0) is 0 Å². The molecule has 2 aromatic carbocycles. The van der Waals surface area contributed by atoms with Gasteiger partial charge in [-0.25, -0.2) is 4.39 Å². The fourth-order valence-corrected chi connectivity index (χ4v) is 3.16. The topological polar surface area (TPSA) is 47.6 Å². The maximum atomic E-state index is 13.0. The van der Waals surface area contributed by atoms with Gasteiger partial charge in [0.05, 0.1) is 19.3 Å². The van der Waals surface area contributed by atoms with Crippen molar-refractivity contribution in [1.29, 1.82) is 0 Å². The lowest BCUT2D eigenvalue weighted by molar-refractivity contribution is 0.0939. The average molecular weight is 394 g/mol. The van der Waals surface area contributed by atoms with Gasteiger partial charge in [0.25, 0.3) is 5.91 Å². The molecule has 1 heterocycles. The van der Waals surface area contributed by atoms with Gasteiger partial charge in [0, 0.05) is 16.5 Å². The number of nitrogens with one attached hydrogen (secondary N) is 1. The molecule has 24 heavy (non-hydrogen) atoms. The molecular formula is C18H17BrFNO3. The van der Waals surface area contributed by atoms with Crippen LogP contribution in [-0.4, -0.2) is 19.1 Å². The number of amides is 1. The average Bonchev–Trinajstić information content (AvgIpc) is 2.79. The van der Waals surface area contributed by atoms with Crippen molar-refractivity contribution in [3.8, 4) is 11.5 Å². The summed E-state index contributed by atoms with van der Waals surface area (Å²) in [5, 5.41) is 2.91. The zero-order valence-corrected chi connectivity index (χ0v) is 14.7. The summed E-state index contributed by atoms with van der Waals surface area (Å²) in [6.07, 6.45) is 0.832. The Bertz CT molecular complexity index is 749. The maximum absolute atomic E-state index is 13.0. The number of ether oxygens (including phenoxy) is 2. The van der Waals surface area contributed by atoms with E-state index in [1.165, 1.54) is 24.3 Å². The van der Waals surface area contributed by atoms with E-state index < -0.39 is 0 Å². The van der Waals surface area contributed by atoms with E-state index in [0.717, 1.165) is 16.5 Å². The van der Waals surface area contributed by atoms with Crippen molar-refractivity contribution in [2.24, 2.45) is 0 Å². The highest BCUT2D eigenvalue weighted by Gasteiger charge is 2.19. The number of halogens is 2. The molecule has 6 heteroatoms. The standard InChI is InChI=1S/C18H17BrFNO3/c1-11(21-18(22)12-3-5-13(20)6-4-12)14-9-16-17(10-15(14)19)24-8-2-7-23-16/h3-6,9-11H,2,7-8H2,1H3,(H,21,22). The summed E-state index contributed by atoms with van der Waals surface area (Å²) in [4.78, 5) is 12.3. The molecule has 1 N–H and O–H groups in total. The molecule has 126 valence electrons. The van der Waals surface area contributed by atoms with Crippen LogP contribution < -0.4 is 14.8 Å². The Balaban J connectivity index is 1.79. The molecule has 3 rings (SSSR count). The van der Waals surface area contributed by atoms with Crippen LogP contribution in [0.25, 0.3) is 0 Å². The first-order valence-electron chi connectivity index (χ1n) is 7.70. The minimum Gasteiger partial charge on any atom is -0.490 e. The van der Waals surface area contributed by atoms with Crippen molar-refractivity contribution in [3.05, 3.63) is 57.8 Å². The number of hydrogen-bond donors (Lipinski definition) is 1. The monoisotopic (exact) mass is 393 g/mol. The summed E-state index contributed by atoms with van der Waals surface area (Å²) < 4.78 is 25.1. The van der Waals surface area contributed by atoms with E-state index in [4.69, 9.17) is 9.47 Å². The lowest BCUT2D eigenvalue weighted by Gasteiger charge is -2.18. The predicted octanol–water partition coefficient (Wildman–Crippen LogP) is 4.24. The lowest BCUT2D eigenvalue weighted by Crippen LogP contribution is -2.26. The number of hydrogen-bond acceptors (Lipinski definition) is 3. The normalized spacial score (nSPS) is 14.6. The Hall–Kier alpha value is -2.08. The van der Waals surface area contributed by atoms with E-state index in [9.17, 15) is 9.18 Å². The van der Waals surface area contributed by atoms with Gasteiger partial charge in [0.15, 0.2) is 11.5 Å². The van der Waals surface area contributed by atoms with E-state index in [-0.39, 0.29) is 17.8 Å². The highest BCUT2D eigenvalue weighted by molar-refractivity contribution is 9.10. The van der Waals surface area contributed by atoms with Crippen molar-refractivity contribution in [1.82, 2.24) is 5.32 Å². The molecule has 2 aromatic rings. The van der Waals surface area contributed by atoms with Crippen molar-refractivity contribution in [3.63, 3.8) is 0 Å². The Kier molecular flexibility index (Phi) is 5.04. The van der Waals surface area contributed by atoms with E-state index in [0.29, 0.717) is 30.3 Å². The third kappa shape index (κ3) is 3.70. The van der Waals surface area contributed by atoms with Gasteiger partial charge in [-0.2, -0.15) is 0 Å². The molecule has 4 nitrogen and oxygen atoms in total. The van der Waals surface area contributed by atoms with E-state index >= 15 is 0 Å². The Morgan fingerprint density at radius 2 is 1.79 bits per heavy atom. The molecule has 1 unspecified atom stereocenters. The molecule has 1 aliphatic rings. The van der Waals surface area contributed by atoms with Crippen LogP contribution in [0.4, 0.5) is 4.39 Å². The number of benzene rings is 2. The third-order valence-corrected chi connectivity index (χ3v) is 4.47. The molecular weight excluding hydrogens is 377 g/mol. The quantitative estimate of drug-likeness (QED) is 0.847. The van der Waals surface area contributed by atoms with Crippen LogP contribution >= 0.6 is 15.9 Å². The molecule has 1 amide bonds. The van der Waals surface area contributed by atoms with Gasteiger partial charge in [0.2, 0.25) is 0 Å². The maximum Gasteiger partial charge on any atom is 0.251 e. The SMILES string of the molecule is CC(NC(=O)c1ccc(F)cc1)c1cc2c(cc1Br)OCCCO2. The van der Waals surface area contributed by atoms with Crippen molar-refractivity contribution < 1.29 is 18.7 Å². The molecule has 0 fully saturated rings. The fraction of sp³-hybridized carbons (Fsp3) is 0.278. The van der Waals surface area contributed by atoms with Crippen LogP contribution in [0.3, 0.4) is 0 Å². The van der Waals surface area contributed by atoms with Crippen molar-refractivity contribution in [2.75, 3.05) is 13.2 Å². The first-order valence-corrected chi connectivity index (χ1v) is 8.49. The number of rotatable bonds is 3. The third-order valence-electron chi connectivity index (χ3n) is 3.79. The van der Waals surface area contributed by atoms with Crippen molar-refractivity contribution in [2.45, 2.75) is 19.4 Å². The summed E-state index contributed by atoms with van der Waals surface area (Å²) in [5.74, 6) is 0.737. The van der Waals surface area contributed by atoms with Crippen molar-refractivity contribution >= 4 is 21.8 Å². The summed E-state index contributed by atoms with van der Waals surface area (Å²) >= 11 is 3.52. The lowest BCUT2D eigenvalue weighted by atomic mass is 10.1. The van der Waals surface area contributed by atoms with Gasteiger partial charge < -0.3 is 14.8 Å².